The minimum atomic E-state index is -4.43. The summed E-state index contributed by atoms with van der Waals surface area (Å²) in [4.78, 5) is 2.34. The molecule has 0 aromatic heterocycles. The number of benzene rings is 2. The molecule has 0 fully saturated rings. The van der Waals surface area contributed by atoms with Crippen molar-refractivity contribution in [1.82, 2.24) is 4.90 Å². The van der Waals surface area contributed by atoms with Gasteiger partial charge < -0.3 is 9.47 Å². The van der Waals surface area contributed by atoms with Crippen molar-refractivity contribution in [3.8, 4) is 11.5 Å². The fourth-order valence-corrected chi connectivity index (χ4v) is 3.78. The number of hydrogen-bond donors (Lipinski definition) is 0. The number of halogens is 3. The normalized spacial score (nSPS) is 13.9. The minimum absolute atomic E-state index is 0.127. The van der Waals surface area contributed by atoms with Gasteiger partial charge in [0.2, 0.25) is 0 Å². The van der Waals surface area contributed by atoms with Gasteiger partial charge in [-0.15, -0.1) is 0 Å². The highest BCUT2D eigenvalue weighted by Crippen LogP contribution is 2.37. The molecule has 0 radical (unpaired) electrons. The molecule has 2 aromatic rings. The van der Waals surface area contributed by atoms with Crippen molar-refractivity contribution in [1.29, 1.82) is 0 Å². The first-order valence-corrected chi connectivity index (χ1v) is 11.9. The highest BCUT2D eigenvalue weighted by molar-refractivity contribution is 5.44. The van der Waals surface area contributed by atoms with E-state index in [9.17, 15) is 13.2 Å². The lowest BCUT2D eigenvalue weighted by Gasteiger charge is -2.31. The molecule has 0 aliphatic heterocycles. The molecule has 0 amide bonds. The molecule has 2 aromatic carbocycles. The Morgan fingerprint density at radius 3 is 2.24 bits per heavy atom. The number of ether oxygens (including phenoxy) is 2. The molecular formula is C27H38F3NO2. The lowest BCUT2D eigenvalue weighted by Crippen LogP contribution is -2.36. The van der Waals surface area contributed by atoms with Gasteiger partial charge in [0, 0.05) is 12.6 Å². The molecule has 0 heterocycles. The molecule has 0 aliphatic rings. The summed E-state index contributed by atoms with van der Waals surface area (Å²) in [5.74, 6) is 0.716. The Balaban J connectivity index is 2.17. The maximum atomic E-state index is 13.2. The number of alkyl halides is 3. The summed E-state index contributed by atoms with van der Waals surface area (Å²) in [6, 6.07) is 14.1. The first-order chi connectivity index (χ1) is 15.6. The van der Waals surface area contributed by atoms with Gasteiger partial charge in [0.05, 0.1) is 12.2 Å². The van der Waals surface area contributed by atoms with E-state index in [4.69, 9.17) is 9.47 Å². The van der Waals surface area contributed by atoms with Gasteiger partial charge >= 0.3 is 6.18 Å². The van der Waals surface area contributed by atoms with Gasteiger partial charge in [-0.3, -0.25) is 4.90 Å². The predicted molar refractivity (Wildman–Crippen MR) is 128 cm³/mol. The van der Waals surface area contributed by atoms with Crippen LogP contribution in [0.25, 0.3) is 0 Å². The van der Waals surface area contributed by atoms with Crippen molar-refractivity contribution in [2.24, 2.45) is 5.92 Å². The van der Waals surface area contributed by atoms with Crippen LogP contribution >= 0.6 is 0 Å². The van der Waals surface area contributed by atoms with Crippen molar-refractivity contribution in [3.05, 3.63) is 59.7 Å². The van der Waals surface area contributed by atoms with Crippen LogP contribution in [0.15, 0.2) is 48.5 Å². The number of nitrogens with zero attached hydrogens (tertiary/aromatic N) is 1. The zero-order valence-corrected chi connectivity index (χ0v) is 20.5. The van der Waals surface area contributed by atoms with Gasteiger partial charge in [0.25, 0.3) is 0 Å². The van der Waals surface area contributed by atoms with Gasteiger partial charge in [0.1, 0.15) is 6.10 Å². The molecule has 6 heteroatoms. The average Bonchev–Trinajstić information content (AvgIpc) is 2.77. The van der Waals surface area contributed by atoms with Crippen LogP contribution in [-0.4, -0.2) is 30.7 Å². The zero-order chi connectivity index (χ0) is 24.4. The molecule has 3 nitrogen and oxygen atoms in total. The van der Waals surface area contributed by atoms with Crippen LogP contribution in [0.2, 0.25) is 0 Å². The smallest absolute Gasteiger partial charge is 0.416 e. The lowest BCUT2D eigenvalue weighted by molar-refractivity contribution is -0.137. The molecule has 184 valence electrons. The van der Waals surface area contributed by atoms with Crippen molar-refractivity contribution in [2.45, 2.75) is 78.2 Å². The van der Waals surface area contributed by atoms with Gasteiger partial charge in [-0.05, 0) is 56.0 Å². The molecular weight excluding hydrogens is 427 g/mol. The molecule has 0 saturated heterocycles. The Kier molecular flexibility index (Phi) is 10.6. The molecule has 0 N–H and O–H groups in total. The fraction of sp³-hybridized carbons (Fsp3) is 0.556. The van der Waals surface area contributed by atoms with Gasteiger partial charge in [0.15, 0.2) is 11.5 Å². The van der Waals surface area contributed by atoms with Crippen LogP contribution in [0, 0.1) is 5.92 Å². The van der Waals surface area contributed by atoms with Gasteiger partial charge in [-0.2, -0.15) is 13.2 Å². The molecule has 0 saturated carbocycles. The summed E-state index contributed by atoms with van der Waals surface area (Å²) in [6.45, 7) is 9.29. The van der Waals surface area contributed by atoms with Crippen LogP contribution in [0.1, 0.15) is 64.5 Å². The second-order valence-electron chi connectivity index (χ2n) is 9.09. The minimum Gasteiger partial charge on any atom is -0.489 e. The summed E-state index contributed by atoms with van der Waals surface area (Å²) in [6.07, 6.45) is -0.943. The Hall–Kier alpha value is -2.21. The van der Waals surface area contributed by atoms with Crippen molar-refractivity contribution in [3.63, 3.8) is 0 Å². The maximum Gasteiger partial charge on any atom is 0.416 e. The molecule has 0 unspecified atom stereocenters. The van der Waals surface area contributed by atoms with Gasteiger partial charge in [-0.1, -0.05) is 64.4 Å². The van der Waals surface area contributed by atoms with Crippen LogP contribution in [0.3, 0.4) is 0 Å². The average molecular weight is 466 g/mol. The van der Waals surface area contributed by atoms with E-state index in [0.29, 0.717) is 18.4 Å². The van der Waals surface area contributed by atoms with Crippen LogP contribution in [0.5, 0.6) is 11.5 Å². The SMILES string of the molecule is CCC[C@H](C[C@@H](CC)Oc1ccc(C(F)(F)F)cc1OCC(C)C)N(C)Cc1ccccc1. The molecule has 33 heavy (non-hydrogen) atoms. The summed E-state index contributed by atoms with van der Waals surface area (Å²) >= 11 is 0. The summed E-state index contributed by atoms with van der Waals surface area (Å²) in [5, 5.41) is 0. The summed E-state index contributed by atoms with van der Waals surface area (Å²) in [7, 11) is 2.12. The van der Waals surface area contributed by atoms with E-state index in [0.717, 1.165) is 44.4 Å². The van der Waals surface area contributed by atoms with E-state index in [2.05, 4.69) is 31.0 Å². The first kappa shape index (κ1) is 27.0. The van der Waals surface area contributed by atoms with Crippen LogP contribution in [-0.2, 0) is 12.7 Å². The highest BCUT2D eigenvalue weighted by atomic mass is 19.4. The van der Waals surface area contributed by atoms with E-state index >= 15 is 0 Å². The molecule has 2 atom stereocenters. The lowest BCUT2D eigenvalue weighted by atomic mass is 10.0. The molecule has 0 bridgehead atoms. The Morgan fingerprint density at radius 1 is 0.970 bits per heavy atom. The first-order valence-electron chi connectivity index (χ1n) is 11.9. The standard InChI is InChI=1S/C27H38F3NO2/c1-6-11-23(31(5)18-21-12-9-8-10-13-21)17-24(7-2)33-25-15-14-22(27(28,29)30)16-26(25)32-19-20(3)4/h8-10,12-16,20,23-24H,6-7,11,17-19H2,1-5H3/t23-,24-/m1/s1. The van der Waals surface area contributed by atoms with Crippen LogP contribution < -0.4 is 9.47 Å². The molecule has 0 aliphatic carbocycles. The van der Waals surface area contributed by atoms with Gasteiger partial charge in [-0.25, -0.2) is 0 Å². The molecule has 0 spiro atoms. The quantitative estimate of drug-likeness (QED) is 0.304. The Bertz CT molecular complexity index is 824. The largest absolute Gasteiger partial charge is 0.489 e. The highest BCUT2D eigenvalue weighted by Gasteiger charge is 2.32. The van der Waals surface area contributed by atoms with E-state index < -0.39 is 11.7 Å². The number of rotatable bonds is 13. The topological polar surface area (TPSA) is 21.7 Å². The Morgan fingerprint density at radius 2 is 1.67 bits per heavy atom. The van der Waals surface area contributed by atoms with Crippen molar-refractivity contribution in [2.75, 3.05) is 13.7 Å². The van der Waals surface area contributed by atoms with Crippen molar-refractivity contribution < 1.29 is 22.6 Å². The van der Waals surface area contributed by atoms with E-state index in [1.165, 1.54) is 11.6 Å². The van der Waals surface area contributed by atoms with E-state index in [1.807, 2.05) is 39.0 Å². The molecule has 2 rings (SSSR count). The summed E-state index contributed by atoms with van der Waals surface area (Å²) < 4.78 is 51.7. The Labute approximate surface area is 196 Å². The second-order valence-corrected chi connectivity index (χ2v) is 9.09. The third kappa shape index (κ3) is 8.92. The second kappa shape index (κ2) is 12.9. The zero-order valence-electron chi connectivity index (χ0n) is 20.5. The van der Waals surface area contributed by atoms with E-state index in [1.54, 1.807) is 0 Å². The maximum absolute atomic E-state index is 13.2. The number of hydrogen-bond acceptors (Lipinski definition) is 3. The van der Waals surface area contributed by atoms with E-state index in [-0.39, 0.29) is 17.8 Å². The third-order valence-corrected chi connectivity index (χ3v) is 5.65. The summed E-state index contributed by atoms with van der Waals surface area (Å²) in [5.41, 5.74) is 0.523. The predicted octanol–water partition coefficient (Wildman–Crippen LogP) is 7.59. The third-order valence-electron chi connectivity index (χ3n) is 5.65. The van der Waals surface area contributed by atoms with Crippen LogP contribution in [0.4, 0.5) is 13.2 Å². The fourth-order valence-electron chi connectivity index (χ4n) is 3.78. The van der Waals surface area contributed by atoms with Crippen molar-refractivity contribution >= 4 is 0 Å². The monoisotopic (exact) mass is 465 g/mol.